The molecule has 1 aliphatic rings. The Labute approximate surface area is 119 Å². The van der Waals surface area contributed by atoms with E-state index in [0.717, 1.165) is 24.2 Å². The molecule has 0 aromatic heterocycles. The van der Waals surface area contributed by atoms with Crippen molar-refractivity contribution in [3.05, 3.63) is 29.8 Å². The van der Waals surface area contributed by atoms with Gasteiger partial charge in [0, 0.05) is 24.7 Å². The summed E-state index contributed by atoms with van der Waals surface area (Å²) in [6, 6.07) is 7.86. The molecule has 110 valence electrons. The molecule has 1 aliphatic carbocycles. The number of carbonyl (C=O) groups excluding carboxylic acids is 1. The van der Waals surface area contributed by atoms with Crippen LogP contribution in [-0.4, -0.2) is 41.8 Å². The fourth-order valence-corrected chi connectivity index (χ4v) is 2.16. The first-order chi connectivity index (χ1) is 9.76. The third-order valence-electron chi connectivity index (χ3n) is 3.29. The zero-order valence-corrected chi connectivity index (χ0v) is 11.8. The van der Waals surface area contributed by atoms with Gasteiger partial charge < -0.3 is 20.1 Å². The molecule has 1 saturated carbocycles. The quantitative estimate of drug-likeness (QED) is 0.799. The molecule has 0 spiro atoms. The van der Waals surface area contributed by atoms with Crippen LogP contribution in [0.3, 0.4) is 0 Å². The number of carbonyl (C=O) groups is 1. The third kappa shape index (κ3) is 3.87. The predicted octanol–water partition coefficient (Wildman–Crippen LogP) is 1.75. The normalized spacial score (nSPS) is 13.9. The average molecular weight is 278 g/mol. The van der Waals surface area contributed by atoms with Gasteiger partial charge in [-0.25, -0.2) is 4.79 Å². The van der Waals surface area contributed by atoms with Crippen LogP contribution >= 0.6 is 0 Å². The summed E-state index contributed by atoms with van der Waals surface area (Å²) in [5, 5.41) is 11.9. The van der Waals surface area contributed by atoms with E-state index < -0.39 is 0 Å². The first-order valence-corrected chi connectivity index (χ1v) is 7.12. The number of hydrogen-bond acceptors (Lipinski definition) is 3. The molecule has 0 unspecified atom stereocenters. The standard InChI is InChI=1S/C15H22N2O3/c1-2-20-14-6-4-3-5-12(14)11-16-15(19)17(9-10-18)13-7-8-13/h3-6,13,18H,2,7-11H2,1H3,(H,16,19). The molecule has 1 aromatic rings. The van der Waals surface area contributed by atoms with Crippen LogP contribution in [0.25, 0.3) is 0 Å². The second-order valence-corrected chi connectivity index (χ2v) is 4.85. The first-order valence-electron chi connectivity index (χ1n) is 7.12. The lowest BCUT2D eigenvalue weighted by molar-refractivity contribution is 0.173. The molecule has 2 N–H and O–H groups in total. The van der Waals surface area contributed by atoms with Crippen LogP contribution in [0.4, 0.5) is 4.79 Å². The Morgan fingerprint density at radius 1 is 1.45 bits per heavy atom. The van der Waals surface area contributed by atoms with E-state index in [2.05, 4.69) is 5.32 Å². The highest BCUT2D eigenvalue weighted by Gasteiger charge is 2.31. The van der Waals surface area contributed by atoms with Gasteiger partial charge in [-0.3, -0.25) is 0 Å². The highest BCUT2D eigenvalue weighted by Crippen LogP contribution is 2.26. The van der Waals surface area contributed by atoms with Gasteiger partial charge in [0.15, 0.2) is 0 Å². The number of amides is 2. The molecule has 2 amide bonds. The Bertz CT molecular complexity index is 446. The highest BCUT2D eigenvalue weighted by molar-refractivity contribution is 5.75. The summed E-state index contributed by atoms with van der Waals surface area (Å²) in [6.45, 7) is 3.36. The van der Waals surface area contributed by atoms with Crippen LogP contribution in [0.15, 0.2) is 24.3 Å². The van der Waals surface area contributed by atoms with Crippen molar-refractivity contribution in [3.8, 4) is 5.75 Å². The van der Waals surface area contributed by atoms with E-state index in [1.165, 1.54) is 0 Å². The molecule has 5 heteroatoms. The number of urea groups is 1. The highest BCUT2D eigenvalue weighted by atomic mass is 16.5. The van der Waals surface area contributed by atoms with E-state index in [4.69, 9.17) is 9.84 Å². The van der Waals surface area contributed by atoms with Crippen LogP contribution < -0.4 is 10.1 Å². The Balaban J connectivity index is 1.92. The van der Waals surface area contributed by atoms with Crippen molar-refractivity contribution in [1.29, 1.82) is 0 Å². The lowest BCUT2D eigenvalue weighted by Gasteiger charge is -2.22. The van der Waals surface area contributed by atoms with Gasteiger partial charge in [-0.15, -0.1) is 0 Å². The Morgan fingerprint density at radius 3 is 2.85 bits per heavy atom. The van der Waals surface area contributed by atoms with Crippen molar-refractivity contribution in [2.24, 2.45) is 0 Å². The largest absolute Gasteiger partial charge is 0.494 e. The topological polar surface area (TPSA) is 61.8 Å². The number of para-hydroxylation sites is 1. The Kier molecular flexibility index (Phi) is 5.24. The minimum Gasteiger partial charge on any atom is -0.494 e. The molecular weight excluding hydrogens is 256 g/mol. The van der Waals surface area contributed by atoms with E-state index in [1.54, 1.807) is 4.90 Å². The van der Waals surface area contributed by atoms with Gasteiger partial charge in [-0.1, -0.05) is 18.2 Å². The smallest absolute Gasteiger partial charge is 0.317 e. The lowest BCUT2D eigenvalue weighted by atomic mass is 10.2. The van der Waals surface area contributed by atoms with E-state index in [-0.39, 0.29) is 12.6 Å². The minimum atomic E-state index is -0.118. The van der Waals surface area contributed by atoms with Gasteiger partial charge >= 0.3 is 6.03 Å². The van der Waals surface area contributed by atoms with Crippen molar-refractivity contribution < 1.29 is 14.6 Å². The van der Waals surface area contributed by atoms with Gasteiger partial charge in [0.05, 0.1) is 13.2 Å². The lowest BCUT2D eigenvalue weighted by Crippen LogP contribution is -2.42. The molecule has 0 bridgehead atoms. The number of hydrogen-bond donors (Lipinski definition) is 2. The van der Waals surface area contributed by atoms with Crippen molar-refractivity contribution in [2.45, 2.75) is 32.4 Å². The predicted molar refractivity (Wildman–Crippen MR) is 76.7 cm³/mol. The van der Waals surface area contributed by atoms with Crippen molar-refractivity contribution in [3.63, 3.8) is 0 Å². The number of benzene rings is 1. The molecule has 0 radical (unpaired) electrons. The number of nitrogens with zero attached hydrogens (tertiary/aromatic N) is 1. The maximum Gasteiger partial charge on any atom is 0.317 e. The van der Waals surface area contributed by atoms with E-state index in [9.17, 15) is 4.79 Å². The summed E-state index contributed by atoms with van der Waals surface area (Å²) in [6.07, 6.45) is 2.06. The summed E-state index contributed by atoms with van der Waals surface area (Å²) in [5.74, 6) is 0.801. The molecule has 0 saturated heterocycles. The van der Waals surface area contributed by atoms with Crippen LogP contribution in [0.1, 0.15) is 25.3 Å². The maximum atomic E-state index is 12.1. The van der Waals surface area contributed by atoms with Crippen LogP contribution in [0, 0.1) is 0 Å². The average Bonchev–Trinajstić information content (AvgIpc) is 3.28. The number of rotatable bonds is 7. The molecule has 0 atom stereocenters. The first kappa shape index (κ1) is 14.7. The number of aliphatic hydroxyl groups excluding tert-OH is 1. The molecule has 1 aromatic carbocycles. The second kappa shape index (κ2) is 7.14. The molecule has 2 rings (SSSR count). The summed E-state index contributed by atoms with van der Waals surface area (Å²) in [4.78, 5) is 13.8. The van der Waals surface area contributed by atoms with Gasteiger partial charge in [0.2, 0.25) is 0 Å². The van der Waals surface area contributed by atoms with Crippen molar-refractivity contribution in [1.82, 2.24) is 10.2 Å². The molecule has 20 heavy (non-hydrogen) atoms. The molecule has 0 aliphatic heterocycles. The number of nitrogens with one attached hydrogen (secondary N) is 1. The maximum absolute atomic E-state index is 12.1. The third-order valence-corrected chi connectivity index (χ3v) is 3.29. The minimum absolute atomic E-state index is 0.000543. The summed E-state index contributed by atoms with van der Waals surface area (Å²) in [7, 11) is 0. The zero-order valence-electron chi connectivity index (χ0n) is 11.8. The van der Waals surface area contributed by atoms with Gasteiger partial charge in [-0.2, -0.15) is 0 Å². The number of aliphatic hydroxyl groups is 1. The van der Waals surface area contributed by atoms with Crippen LogP contribution in [0.5, 0.6) is 5.75 Å². The summed E-state index contributed by atoms with van der Waals surface area (Å²) in [5.41, 5.74) is 0.961. The van der Waals surface area contributed by atoms with Crippen LogP contribution in [0.2, 0.25) is 0 Å². The van der Waals surface area contributed by atoms with Crippen molar-refractivity contribution >= 4 is 6.03 Å². The second-order valence-electron chi connectivity index (χ2n) is 4.85. The van der Waals surface area contributed by atoms with Crippen LogP contribution in [-0.2, 0) is 6.54 Å². The van der Waals surface area contributed by atoms with E-state index in [0.29, 0.717) is 25.7 Å². The van der Waals surface area contributed by atoms with Gasteiger partial charge in [-0.05, 0) is 25.8 Å². The monoisotopic (exact) mass is 278 g/mol. The number of ether oxygens (including phenoxy) is 1. The van der Waals surface area contributed by atoms with E-state index in [1.807, 2.05) is 31.2 Å². The Hall–Kier alpha value is -1.75. The van der Waals surface area contributed by atoms with Crippen molar-refractivity contribution in [2.75, 3.05) is 19.8 Å². The van der Waals surface area contributed by atoms with Gasteiger partial charge in [0.1, 0.15) is 5.75 Å². The molecule has 5 nitrogen and oxygen atoms in total. The SMILES string of the molecule is CCOc1ccccc1CNC(=O)N(CCO)C1CC1. The fraction of sp³-hybridized carbons (Fsp3) is 0.533. The molecule has 0 heterocycles. The van der Waals surface area contributed by atoms with E-state index >= 15 is 0 Å². The summed E-state index contributed by atoms with van der Waals surface area (Å²) < 4.78 is 5.53. The zero-order chi connectivity index (χ0) is 14.4. The summed E-state index contributed by atoms with van der Waals surface area (Å²) >= 11 is 0. The Morgan fingerprint density at radius 2 is 2.20 bits per heavy atom. The molecule has 1 fully saturated rings. The molecular formula is C15H22N2O3. The fourth-order valence-electron chi connectivity index (χ4n) is 2.16. The van der Waals surface area contributed by atoms with Gasteiger partial charge in [0.25, 0.3) is 0 Å².